The Morgan fingerprint density at radius 1 is 0.970 bits per heavy atom. The van der Waals surface area contributed by atoms with E-state index in [-0.39, 0.29) is 18.0 Å². The van der Waals surface area contributed by atoms with Crippen LogP contribution in [0.5, 0.6) is 5.75 Å². The molecule has 1 aromatic rings. The number of nitrogens with one attached hydrogen (secondary N) is 1. The second-order valence-electron chi connectivity index (χ2n) is 7.09. The number of hydrogen-bond donors (Lipinski definition) is 1. The van der Waals surface area contributed by atoms with Crippen molar-refractivity contribution in [3.63, 3.8) is 0 Å². The molecular formula is C20H24N2O11. The molecule has 0 aromatic heterocycles. The monoisotopic (exact) mass is 468 g/mol. The van der Waals surface area contributed by atoms with Crippen molar-refractivity contribution < 1.29 is 47.8 Å². The van der Waals surface area contributed by atoms with Crippen LogP contribution in [0.25, 0.3) is 0 Å². The predicted molar refractivity (Wildman–Crippen MR) is 108 cm³/mol. The number of esters is 3. The van der Waals surface area contributed by atoms with E-state index in [9.17, 15) is 29.3 Å². The molecule has 0 bridgehead atoms. The maximum atomic E-state index is 11.9. The van der Waals surface area contributed by atoms with Gasteiger partial charge in [-0.3, -0.25) is 29.3 Å². The topological polar surface area (TPSA) is 170 Å². The van der Waals surface area contributed by atoms with Crippen LogP contribution in [0.1, 0.15) is 27.7 Å². The lowest BCUT2D eigenvalue weighted by Gasteiger charge is -2.44. The van der Waals surface area contributed by atoms with Gasteiger partial charge >= 0.3 is 17.9 Å². The number of nitro benzene ring substituents is 1. The van der Waals surface area contributed by atoms with Crippen LogP contribution in [-0.4, -0.2) is 66.0 Å². The van der Waals surface area contributed by atoms with Crippen molar-refractivity contribution in [1.82, 2.24) is 5.32 Å². The van der Waals surface area contributed by atoms with Crippen molar-refractivity contribution in [2.24, 2.45) is 0 Å². The van der Waals surface area contributed by atoms with E-state index in [1.165, 1.54) is 31.2 Å². The van der Waals surface area contributed by atoms with E-state index in [0.717, 1.165) is 20.8 Å². The SMILES string of the molecule is CC(=O)N[C@H]1C(OC(C)=O)[C@H](OC(C)=O)C(COC(C)=O)O[C@H]1Oc1ccc([N+](=O)[O-])cc1. The van der Waals surface area contributed by atoms with Crippen LogP contribution in [-0.2, 0) is 38.1 Å². The maximum absolute atomic E-state index is 11.9. The van der Waals surface area contributed by atoms with Crippen molar-refractivity contribution in [2.45, 2.75) is 58.3 Å². The van der Waals surface area contributed by atoms with Gasteiger partial charge in [-0.1, -0.05) is 0 Å². The van der Waals surface area contributed by atoms with Gasteiger partial charge in [-0.2, -0.15) is 0 Å². The summed E-state index contributed by atoms with van der Waals surface area (Å²) in [5.74, 6) is -2.50. The molecule has 1 fully saturated rings. The molecule has 1 aromatic carbocycles. The first-order chi connectivity index (χ1) is 15.5. The lowest BCUT2D eigenvalue weighted by atomic mass is 9.96. The summed E-state index contributed by atoms with van der Waals surface area (Å²) in [5.41, 5.74) is -0.175. The number of non-ortho nitro benzene ring substituents is 1. The summed E-state index contributed by atoms with van der Waals surface area (Å²) in [6.45, 7) is 4.24. The number of hydrogen-bond acceptors (Lipinski definition) is 11. The molecule has 180 valence electrons. The number of nitro groups is 1. The Balaban J connectivity index is 2.43. The Labute approximate surface area is 188 Å². The zero-order chi connectivity index (χ0) is 24.7. The molecule has 2 unspecified atom stereocenters. The maximum Gasteiger partial charge on any atom is 0.303 e. The fourth-order valence-electron chi connectivity index (χ4n) is 3.17. The van der Waals surface area contributed by atoms with Crippen LogP contribution < -0.4 is 10.1 Å². The van der Waals surface area contributed by atoms with Gasteiger partial charge in [-0.05, 0) is 12.1 Å². The number of benzene rings is 1. The first-order valence-electron chi connectivity index (χ1n) is 9.79. The van der Waals surface area contributed by atoms with Crippen LogP contribution >= 0.6 is 0 Å². The van der Waals surface area contributed by atoms with Gasteiger partial charge in [0.25, 0.3) is 5.69 Å². The van der Waals surface area contributed by atoms with Gasteiger partial charge in [0.15, 0.2) is 12.2 Å². The summed E-state index contributed by atoms with van der Waals surface area (Å²) in [5, 5.41) is 13.4. The van der Waals surface area contributed by atoms with E-state index >= 15 is 0 Å². The standard InChI is InChI=1S/C20H24N2O11/c1-10(23)21-17-19(31-13(4)26)18(30-12(3)25)16(9-29-11(2)24)33-20(17)32-15-7-5-14(6-8-15)22(27)28/h5-8,16-20H,9H2,1-4H3,(H,21,23)/t16?,17-,18+,19?,20+/m0/s1. The molecule has 1 saturated heterocycles. The van der Waals surface area contributed by atoms with E-state index < -0.39 is 59.4 Å². The summed E-state index contributed by atoms with van der Waals surface area (Å²) in [6, 6.07) is 3.87. The smallest absolute Gasteiger partial charge is 0.303 e. The minimum Gasteiger partial charge on any atom is -0.463 e. The molecule has 1 heterocycles. The second kappa shape index (κ2) is 11.2. The zero-order valence-electron chi connectivity index (χ0n) is 18.3. The summed E-state index contributed by atoms with van der Waals surface area (Å²) in [7, 11) is 0. The van der Waals surface area contributed by atoms with Crippen LogP contribution in [0.4, 0.5) is 5.69 Å². The molecule has 1 aliphatic rings. The number of ether oxygens (including phenoxy) is 5. The van der Waals surface area contributed by atoms with Gasteiger partial charge in [0.2, 0.25) is 12.2 Å². The average molecular weight is 468 g/mol. The minimum absolute atomic E-state index is 0.139. The van der Waals surface area contributed by atoms with Gasteiger partial charge in [0, 0.05) is 39.8 Å². The molecule has 0 aliphatic carbocycles. The summed E-state index contributed by atoms with van der Waals surface area (Å²) in [4.78, 5) is 57.0. The fourth-order valence-corrected chi connectivity index (χ4v) is 3.17. The molecule has 0 saturated carbocycles. The summed E-state index contributed by atoms with van der Waals surface area (Å²) < 4.78 is 27.2. The highest BCUT2D eigenvalue weighted by Crippen LogP contribution is 2.29. The molecule has 1 amide bonds. The molecule has 13 nitrogen and oxygen atoms in total. The first kappa shape index (κ1) is 25.5. The average Bonchev–Trinajstić information content (AvgIpc) is 2.70. The van der Waals surface area contributed by atoms with Crippen molar-refractivity contribution >= 4 is 29.5 Å². The molecule has 13 heteroatoms. The highest BCUT2D eigenvalue weighted by Gasteiger charge is 2.51. The van der Waals surface area contributed by atoms with Crippen molar-refractivity contribution in [1.29, 1.82) is 0 Å². The minimum atomic E-state index is -1.31. The van der Waals surface area contributed by atoms with Crippen LogP contribution in [0.3, 0.4) is 0 Å². The molecule has 0 radical (unpaired) electrons. The van der Waals surface area contributed by atoms with E-state index in [1.807, 2.05) is 0 Å². The van der Waals surface area contributed by atoms with Gasteiger partial charge in [0.05, 0.1) is 4.92 Å². The Hall–Kier alpha value is -3.74. The van der Waals surface area contributed by atoms with Gasteiger partial charge < -0.3 is 29.0 Å². The third-order valence-electron chi connectivity index (χ3n) is 4.37. The quantitative estimate of drug-likeness (QED) is 0.246. The Morgan fingerprint density at radius 2 is 1.55 bits per heavy atom. The Morgan fingerprint density at radius 3 is 2.03 bits per heavy atom. The number of carbonyl (C=O) groups excluding carboxylic acids is 4. The summed E-state index contributed by atoms with van der Waals surface area (Å²) >= 11 is 0. The van der Waals surface area contributed by atoms with Crippen molar-refractivity contribution in [2.75, 3.05) is 6.61 Å². The molecule has 5 atom stereocenters. The van der Waals surface area contributed by atoms with Gasteiger partial charge in [0.1, 0.15) is 24.5 Å². The van der Waals surface area contributed by atoms with Crippen LogP contribution in [0.2, 0.25) is 0 Å². The number of nitrogens with zero attached hydrogens (tertiary/aromatic N) is 1. The van der Waals surface area contributed by atoms with Crippen molar-refractivity contribution in [3.05, 3.63) is 34.4 Å². The predicted octanol–water partition coefficient (Wildman–Crippen LogP) is 0.630. The Bertz CT molecular complexity index is 902. The molecule has 0 spiro atoms. The number of rotatable bonds is 8. The van der Waals surface area contributed by atoms with Gasteiger partial charge in [-0.15, -0.1) is 0 Å². The largest absolute Gasteiger partial charge is 0.463 e. The molecule has 2 rings (SSSR count). The lowest BCUT2D eigenvalue weighted by Crippen LogP contribution is -2.67. The Kier molecular flexibility index (Phi) is 8.68. The van der Waals surface area contributed by atoms with Crippen LogP contribution in [0, 0.1) is 10.1 Å². The summed E-state index contributed by atoms with van der Waals surface area (Å²) in [6.07, 6.45) is -4.96. The highest BCUT2D eigenvalue weighted by molar-refractivity contribution is 5.73. The van der Waals surface area contributed by atoms with E-state index in [0.29, 0.717) is 0 Å². The van der Waals surface area contributed by atoms with Crippen molar-refractivity contribution in [3.8, 4) is 5.75 Å². The zero-order valence-corrected chi connectivity index (χ0v) is 18.3. The number of amides is 1. The van der Waals surface area contributed by atoms with E-state index in [1.54, 1.807) is 0 Å². The number of carbonyl (C=O) groups is 4. The third kappa shape index (κ3) is 7.42. The molecular weight excluding hydrogens is 444 g/mol. The molecule has 1 N–H and O–H groups in total. The lowest BCUT2D eigenvalue weighted by molar-refractivity contribution is -0.384. The van der Waals surface area contributed by atoms with Crippen LogP contribution in [0.15, 0.2) is 24.3 Å². The molecule has 33 heavy (non-hydrogen) atoms. The van der Waals surface area contributed by atoms with Gasteiger partial charge in [-0.25, -0.2) is 0 Å². The second-order valence-corrected chi connectivity index (χ2v) is 7.09. The van der Waals surface area contributed by atoms with E-state index in [2.05, 4.69) is 5.32 Å². The fraction of sp³-hybridized carbons (Fsp3) is 0.500. The van der Waals surface area contributed by atoms with E-state index in [4.69, 9.17) is 23.7 Å². The third-order valence-corrected chi connectivity index (χ3v) is 4.37. The normalized spacial score (nSPS) is 24.2. The molecule has 1 aliphatic heterocycles. The highest BCUT2D eigenvalue weighted by atomic mass is 16.7. The first-order valence-corrected chi connectivity index (χ1v) is 9.79.